The maximum Gasteiger partial charge on any atom is 0.231 e. The molecule has 0 bridgehead atoms. The van der Waals surface area contributed by atoms with Gasteiger partial charge < -0.3 is 15.2 Å². The number of allylic oxidation sites excluding steroid dienone is 3. The maximum atomic E-state index is 13.3. The molecule has 0 spiro atoms. The summed E-state index contributed by atoms with van der Waals surface area (Å²) in [5.41, 5.74) is 8.98. The third kappa shape index (κ3) is 2.72. The minimum atomic E-state index is -0.505. The van der Waals surface area contributed by atoms with Gasteiger partial charge in [0, 0.05) is 31.8 Å². The van der Waals surface area contributed by atoms with E-state index in [1.54, 1.807) is 5.01 Å². The lowest BCUT2D eigenvalue weighted by Crippen LogP contribution is -2.47. The molecule has 0 fully saturated rings. The molecule has 7 nitrogen and oxygen atoms in total. The van der Waals surface area contributed by atoms with Gasteiger partial charge in [-0.2, -0.15) is 5.26 Å². The number of nitriles is 1. The van der Waals surface area contributed by atoms with E-state index in [0.717, 1.165) is 11.3 Å². The number of hydrazine groups is 1. The van der Waals surface area contributed by atoms with Crippen molar-refractivity contribution in [2.24, 2.45) is 11.1 Å². The highest BCUT2D eigenvalue weighted by molar-refractivity contribution is 6.00. The molecule has 0 saturated heterocycles. The summed E-state index contributed by atoms with van der Waals surface area (Å²) in [6.45, 7) is 4.33. The van der Waals surface area contributed by atoms with Crippen LogP contribution in [0.4, 0.5) is 0 Å². The Hall–Kier alpha value is -2.98. The summed E-state index contributed by atoms with van der Waals surface area (Å²) in [7, 11) is 3.72. The van der Waals surface area contributed by atoms with Crippen LogP contribution in [0.5, 0.6) is 11.5 Å². The number of carbonyl (C=O) groups is 1. The Kier molecular flexibility index (Phi) is 4.12. The maximum absolute atomic E-state index is 13.3. The van der Waals surface area contributed by atoms with Crippen LogP contribution >= 0.6 is 0 Å². The Labute approximate surface area is 164 Å². The van der Waals surface area contributed by atoms with Crippen LogP contribution in [0.2, 0.25) is 0 Å². The molecule has 0 aromatic heterocycles. The first kappa shape index (κ1) is 18.4. The molecule has 1 aromatic carbocycles. The molecule has 0 radical (unpaired) electrons. The van der Waals surface area contributed by atoms with Crippen molar-refractivity contribution < 1.29 is 14.3 Å². The molecule has 1 aromatic rings. The van der Waals surface area contributed by atoms with Crippen molar-refractivity contribution in [1.82, 2.24) is 10.0 Å². The van der Waals surface area contributed by atoms with Crippen molar-refractivity contribution in [3.05, 3.63) is 46.4 Å². The van der Waals surface area contributed by atoms with Gasteiger partial charge in [-0.1, -0.05) is 19.9 Å². The normalized spacial score (nSPS) is 23.2. The number of fused-ring (bicyclic) bond motifs is 1. The fourth-order valence-electron chi connectivity index (χ4n) is 4.37. The monoisotopic (exact) mass is 380 g/mol. The summed E-state index contributed by atoms with van der Waals surface area (Å²) >= 11 is 0. The highest BCUT2D eigenvalue weighted by Gasteiger charge is 2.45. The summed E-state index contributed by atoms with van der Waals surface area (Å²) in [6.07, 6.45) is 1.14. The lowest BCUT2D eigenvalue weighted by molar-refractivity contribution is -0.119. The average Bonchev–Trinajstić information content (AvgIpc) is 3.06. The van der Waals surface area contributed by atoms with Crippen molar-refractivity contribution in [1.29, 1.82) is 5.26 Å². The van der Waals surface area contributed by atoms with Crippen LogP contribution in [-0.4, -0.2) is 36.7 Å². The van der Waals surface area contributed by atoms with E-state index in [4.69, 9.17) is 15.2 Å². The van der Waals surface area contributed by atoms with E-state index in [1.165, 1.54) is 0 Å². The third-order valence-electron chi connectivity index (χ3n) is 5.48. The molecule has 2 heterocycles. The molecule has 0 saturated carbocycles. The lowest BCUT2D eigenvalue weighted by Gasteiger charge is -2.45. The zero-order chi connectivity index (χ0) is 20.2. The van der Waals surface area contributed by atoms with Crippen LogP contribution in [0, 0.1) is 16.7 Å². The van der Waals surface area contributed by atoms with Crippen LogP contribution in [0.15, 0.2) is 40.9 Å². The summed E-state index contributed by atoms with van der Waals surface area (Å²) in [6, 6.07) is 7.80. The first-order chi connectivity index (χ1) is 13.2. The SMILES string of the molecule is CN(C)N1C(N)=C(C#N)C(c2ccc3c(c2)OCO3)C2=C1CC(C)(C)CC2=O. The van der Waals surface area contributed by atoms with E-state index in [9.17, 15) is 10.1 Å². The third-order valence-corrected chi connectivity index (χ3v) is 5.48. The van der Waals surface area contributed by atoms with E-state index in [-0.39, 0.29) is 18.0 Å². The van der Waals surface area contributed by atoms with Gasteiger partial charge in [-0.3, -0.25) is 9.80 Å². The second kappa shape index (κ2) is 6.28. The standard InChI is InChI=1S/C21H24N4O3/c1-21(2)8-14-19(15(26)9-21)18(13(10-22)20(23)25(14)24(3)4)12-5-6-16-17(7-12)28-11-27-16/h5-7,18H,8-9,11,23H2,1-4H3. The first-order valence-electron chi connectivity index (χ1n) is 9.26. The van der Waals surface area contributed by atoms with Gasteiger partial charge in [0.1, 0.15) is 5.82 Å². The van der Waals surface area contributed by atoms with Gasteiger partial charge >= 0.3 is 0 Å². The summed E-state index contributed by atoms with van der Waals surface area (Å²) in [5.74, 6) is 1.19. The van der Waals surface area contributed by atoms with Crippen molar-refractivity contribution in [2.45, 2.75) is 32.6 Å². The van der Waals surface area contributed by atoms with Gasteiger partial charge in [0.05, 0.1) is 17.6 Å². The number of hydrogen-bond acceptors (Lipinski definition) is 7. The molecule has 146 valence electrons. The number of nitrogens with zero attached hydrogens (tertiary/aromatic N) is 3. The number of hydrogen-bond donors (Lipinski definition) is 1. The number of carbonyl (C=O) groups excluding carboxylic acids is 1. The zero-order valence-corrected chi connectivity index (χ0v) is 16.6. The van der Waals surface area contributed by atoms with E-state index >= 15 is 0 Å². The molecular weight excluding hydrogens is 356 g/mol. The van der Waals surface area contributed by atoms with Gasteiger partial charge in [-0.25, -0.2) is 5.01 Å². The number of rotatable bonds is 2. The van der Waals surface area contributed by atoms with Crippen molar-refractivity contribution >= 4 is 5.78 Å². The highest BCUT2D eigenvalue weighted by Crippen LogP contribution is 2.50. The lowest BCUT2D eigenvalue weighted by atomic mass is 9.69. The van der Waals surface area contributed by atoms with E-state index in [1.807, 2.05) is 37.3 Å². The number of nitrogens with two attached hydrogens (primary N) is 1. The molecule has 2 aliphatic heterocycles. The first-order valence-corrected chi connectivity index (χ1v) is 9.26. The highest BCUT2D eigenvalue weighted by atomic mass is 16.7. The van der Waals surface area contributed by atoms with Crippen molar-refractivity contribution in [3.63, 3.8) is 0 Å². The fourth-order valence-corrected chi connectivity index (χ4v) is 4.37. The molecule has 2 N–H and O–H groups in total. The topological polar surface area (TPSA) is 91.8 Å². The van der Waals surface area contributed by atoms with E-state index < -0.39 is 5.92 Å². The second-order valence-electron chi connectivity index (χ2n) is 8.42. The van der Waals surface area contributed by atoms with Gasteiger partial charge in [-0.05, 0) is 29.5 Å². The van der Waals surface area contributed by atoms with Crippen molar-refractivity contribution in [3.8, 4) is 17.6 Å². The van der Waals surface area contributed by atoms with Crippen LogP contribution in [-0.2, 0) is 4.79 Å². The molecule has 28 heavy (non-hydrogen) atoms. The smallest absolute Gasteiger partial charge is 0.231 e. The van der Waals surface area contributed by atoms with E-state index in [0.29, 0.717) is 41.3 Å². The second-order valence-corrected chi connectivity index (χ2v) is 8.42. The predicted octanol–water partition coefficient (Wildman–Crippen LogP) is 2.63. The summed E-state index contributed by atoms with van der Waals surface area (Å²) in [5, 5.41) is 13.6. The number of ether oxygens (including phenoxy) is 2. The average molecular weight is 380 g/mol. The van der Waals surface area contributed by atoms with E-state index in [2.05, 4.69) is 19.9 Å². The molecule has 3 aliphatic rings. The van der Waals surface area contributed by atoms with Gasteiger partial charge in [0.15, 0.2) is 17.3 Å². The minimum Gasteiger partial charge on any atom is -0.454 e. The number of benzene rings is 1. The van der Waals surface area contributed by atoms with Crippen LogP contribution in [0.3, 0.4) is 0 Å². The molecule has 1 unspecified atom stereocenters. The molecule has 0 amide bonds. The molecule has 1 aliphatic carbocycles. The largest absolute Gasteiger partial charge is 0.454 e. The Bertz CT molecular complexity index is 968. The fraction of sp³-hybridized carbons (Fsp3) is 0.429. The minimum absolute atomic E-state index is 0.0565. The molecule has 1 atom stereocenters. The summed E-state index contributed by atoms with van der Waals surface area (Å²) < 4.78 is 10.9. The Morgan fingerprint density at radius 1 is 1.25 bits per heavy atom. The van der Waals surface area contributed by atoms with Gasteiger partial charge in [0.25, 0.3) is 0 Å². The van der Waals surface area contributed by atoms with Crippen molar-refractivity contribution in [2.75, 3.05) is 20.9 Å². The molecule has 4 rings (SSSR count). The van der Waals surface area contributed by atoms with Crippen LogP contribution in [0.1, 0.15) is 38.2 Å². The van der Waals surface area contributed by atoms with Crippen LogP contribution in [0.25, 0.3) is 0 Å². The quantitative estimate of drug-likeness (QED) is 0.843. The number of ketones is 1. The predicted molar refractivity (Wildman–Crippen MR) is 103 cm³/mol. The Balaban J connectivity index is 1.94. The summed E-state index contributed by atoms with van der Waals surface area (Å²) in [4.78, 5) is 13.3. The Morgan fingerprint density at radius 2 is 1.96 bits per heavy atom. The van der Waals surface area contributed by atoms with Gasteiger partial charge in [-0.15, -0.1) is 0 Å². The molecule has 7 heteroatoms. The van der Waals surface area contributed by atoms with Crippen LogP contribution < -0.4 is 15.2 Å². The Morgan fingerprint density at radius 3 is 2.64 bits per heavy atom. The van der Waals surface area contributed by atoms with Gasteiger partial charge in [0.2, 0.25) is 6.79 Å². The zero-order valence-electron chi connectivity index (χ0n) is 16.6. The number of Topliss-reactive ketones (excluding diaryl/α,β-unsaturated/α-hetero) is 1. The molecular formula is C21H24N4O3.